The van der Waals surface area contributed by atoms with Gasteiger partial charge >= 0.3 is 78.4 Å². The van der Waals surface area contributed by atoms with Crippen molar-refractivity contribution in [3.05, 3.63) is 0 Å². The van der Waals surface area contributed by atoms with Crippen molar-refractivity contribution in [2.75, 3.05) is 0 Å². The molecule has 8 heavy (non-hydrogen) atoms. The molecule has 47 valence electrons. The molecule has 0 atom stereocenters. The average Bonchev–Trinajstić information content (AvgIpc) is 1.59. The Morgan fingerprint density at radius 1 is 1.25 bits per heavy atom. The zero-order valence-electron chi connectivity index (χ0n) is 4.26. The Morgan fingerprint density at radius 2 is 1.75 bits per heavy atom. The third kappa shape index (κ3) is 7.67. The summed E-state index contributed by atoms with van der Waals surface area (Å²) in [4.78, 5) is 0. The standard InChI is InChI=1S/C4H6Cl3.Sn/c1-2-3-4(5,6)7;/h1-3H2;. The number of hydrogen-bond donors (Lipinski definition) is 0. The van der Waals surface area contributed by atoms with E-state index in [1.54, 1.807) is 0 Å². The molecule has 0 nitrogen and oxygen atoms in total. The van der Waals surface area contributed by atoms with Gasteiger partial charge in [0.25, 0.3) is 0 Å². The molecule has 0 amide bonds. The maximum absolute atomic E-state index is 5.45. The van der Waals surface area contributed by atoms with Crippen LogP contribution in [0.1, 0.15) is 12.8 Å². The summed E-state index contributed by atoms with van der Waals surface area (Å²) in [6.07, 6.45) is 1.71. The van der Waals surface area contributed by atoms with E-state index in [2.05, 4.69) is 0 Å². The molecule has 0 unspecified atom stereocenters. The first-order valence-electron chi connectivity index (χ1n) is 2.27. The van der Waals surface area contributed by atoms with Gasteiger partial charge in [0.1, 0.15) is 0 Å². The van der Waals surface area contributed by atoms with Gasteiger partial charge in [0, 0.05) is 0 Å². The molecule has 0 aromatic carbocycles. The maximum atomic E-state index is 5.45. The van der Waals surface area contributed by atoms with E-state index in [1.165, 1.54) is 27.0 Å². The molecular formula is C4H6Cl3Sn. The first-order chi connectivity index (χ1) is 3.56. The molecule has 0 aromatic heterocycles. The van der Waals surface area contributed by atoms with Crippen molar-refractivity contribution in [2.24, 2.45) is 0 Å². The quantitative estimate of drug-likeness (QED) is 0.538. The van der Waals surface area contributed by atoms with Crippen LogP contribution in [-0.4, -0.2) is 26.3 Å². The van der Waals surface area contributed by atoms with Crippen LogP contribution in [-0.2, 0) is 0 Å². The van der Waals surface area contributed by atoms with Crippen LogP contribution in [0.2, 0.25) is 4.44 Å². The molecule has 0 fully saturated rings. The van der Waals surface area contributed by atoms with Gasteiger partial charge in [-0.25, -0.2) is 0 Å². The Bertz CT molecular complexity index is 58.8. The first-order valence-corrected chi connectivity index (χ1v) is 5.43. The van der Waals surface area contributed by atoms with Gasteiger partial charge in [-0.1, -0.05) is 0 Å². The summed E-state index contributed by atoms with van der Waals surface area (Å²) in [5.41, 5.74) is 0. The van der Waals surface area contributed by atoms with Crippen molar-refractivity contribution in [2.45, 2.75) is 21.1 Å². The molecule has 0 saturated carbocycles. The van der Waals surface area contributed by atoms with E-state index in [1.807, 2.05) is 0 Å². The third-order valence-corrected chi connectivity index (χ3v) is 2.21. The normalized spacial score (nSPS) is 12.0. The van der Waals surface area contributed by atoms with E-state index >= 15 is 0 Å². The van der Waals surface area contributed by atoms with E-state index in [0.717, 1.165) is 6.42 Å². The van der Waals surface area contributed by atoms with Crippen LogP contribution >= 0.6 is 34.8 Å². The van der Waals surface area contributed by atoms with Gasteiger partial charge in [0.2, 0.25) is 0 Å². The molecule has 0 aliphatic carbocycles. The molecular weight excluding hydrogens is 273 g/mol. The zero-order chi connectivity index (χ0) is 6.62. The molecule has 0 N–H and O–H groups in total. The van der Waals surface area contributed by atoms with Gasteiger partial charge in [0.05, 0.1) is 0 Å². The summed E-state index contributed by atoms with van der Waals surface area (Å²) >= 11 is 17.9. The Morgan fingerprint density at radius 3 is 1.88 bits per heavy atom. The van der Waals surface area contributed by atoms with Crippen molar-refractivity contribution >= 4 is 57.3 Å². The summed E-state index contributed by atoms with van der Waals surface area (Å²) in [5, 5.41) is 0. The van der Waals surface area contributed by atoms with Gasteiger partial charge in [-0.2, -0.15) is 0 Å². The zero-order valence-corrected chi connectivity index (χ0v) is 9.38. The van der Waals surface area contributed by atoms with Crippen molar-refractivity contribution in [1.29, 1.82) is 0 Å². The minimum atomic E-state index is -1.02. The number of alkyl halides is 3. The number of halogens is 3. The van der Waals surface area contributed by atoms with E-state index in [-0.39, 0.29) is 0 Å². The van der Waals surface area contributed by atoms with Crippen LogP contribution < -0.4 is 0 Å². The Kier molecular flexibility index (Phi) is 5.41. The van der Waals surface area contributed by atoms with Crippen LogP contribution in [0.25, 0.3) is 0 Å². The molecule has 0 aromatic rings. The molecule has 0 heterocycles. The van der Waals surface area contributed by atoms with Crippen LogP contribution in [0.3, 0.4) is 0 Å². The fourth-order valence-corrected chi connectivity index (χ4v) is 1.19. The molecule has 3 radical (unpaired) electrons. The third-order valence-electron chi connectivity index (χ3n) is 0.637. The molecule has 4 heteroatoms. The van der Waals surface area contributed by atoms with Crippen LogP contribution in [0.5, 0.6) is 0 Å². The fraction of sp³-hybridized carbons (Fsp3) is 1.00. The molecule has 0 spiro atoms. The van der Waals surface area contributed by atoms with E-state index in [0.29, 0.717) is 6.42 Å². The average molecular weight is 279 g/mol. The van der Waals surface area contributed by atoms with E-state index in [4.69, 9.17) is 34.8 Å². The number of hydrogen-bond acceptors (Lipinski definition) is 0. The summed E-state index contributed by atoms with van der Waals surface area (Å²) < 4.78 is 0.150. The van der Waals surface area contributed by atoms with Gasteiger partial charge in [-0.15, -0.1) is 0 Å². The topological polar surface area (TPSA) is 0 Å². The summed E-state index contributed by atoms with van der Waals surface area (Å²) in [7, 11) is 0. The summed E-state index contributed by atoms with van der Waals surface area (Å²) in [6, 6.07) is 0. The second-order valence-electron chi connectivity index (χ2n) is 1.47. The Hall–Kier alpha value is 1.67. The molecule has 0 saturated heterocycles. The fourth-order valence-electron chi connectivity index (χ4n) is 0.289. The van der Waals surface area contributed by atoms with Gasteiger partial charge in [0.15, 0.2) is 0 Å². The number of rotatable bonds is 2. The van der Waals surface area contributed by atoms with Crippen molar-refractivity contribution in [3.63, 3.8) is 0 Å². The summed E-state index contributed by atoms with van der Waals surface area (Å²) in [5.74, 6) is 0. The second kappa shape index (κ2) is 4.48. The molecule has 0 rings (SSSR count). The Labute approximate surface area is 78.0 Å². The molecule has 0 aliphatic rings. The van der Waals surface area contributed by atoms with Crippen molar-refractivity contribution in [3.8, 4) is 0 Å². The van der Waals surface area contributed by atoms with E-state index < -0.39 is 3.79 Å². The van der Waals surface area contributed by atoms with Crippen molar-refractivity contribution < 1.29 is 0 Å². The van der Waals surface area contributed by atoms with Crippen LogP contribution in [0.4, 0.5) is 0 Å². The molecule has 0 bridgehead atoms. The van der Waals surface area contributed by atoms with Crippen LogP contribution in [0.15, 0.2) is 0 Å². The van der Waals surface area contributed by atoms with E-state index in [9.17, 15) is 0 Å². The monoisotopic (exact) mass is 279 g/mol. The SMILES string of the molecule is ClC(Cl)(Cl)CC[CH2][Sn]. The predicted octanol–water partition coefficient (Wildman–Crippen LogP) is 2.72. The van der Waals surface area contributed by atoms with Gasteiger partial charge < -0.3 is 0 Å². The van der Waals surface area contributed by atoms with Crippen molar-refractivity contribution in [1.82, 2.24) is 0 Å². The minimum absolute atomic E-state index is 0.683. The molecule has 0 aliphatic heterocycles. The van der Waals surface area contributed by atoms with Gasteiger partial charge in [-0.3, -0.25) is 0 Å². The second-order valence-corrected chi connectivity index (χ2v) is 5.41. The summed E-state index contributed by atoms with van der Waals surface area (Å²) in [6.45, 7) is 0. The predicted molar refractivity (Wildman–Crippen MR) is 40.1 cm³/mol. The Balaban J connectivity index is 3.11. The van der Waals surface area contributed by atoms with Gasteiger partial charge in [-0.05, 0) is 0 Å². The first kappa shape index (κ1) is 9.67. The van der Waals surface area contributed by atoms with Crippen LogP contribution in [0, 0.1) is 0 Å².